The molecule has 0 aromatic heterocycles. The van der Waals surface area contributed by atoms with Crippen molar-refractivity contribution >= 4 is 13.6 Å². The smallest absolute Gasteiger partial charge is 0.349 e. The Morgan fingerprint density at radius 2 is 2.07 bits per heavy atom. The Labute approximate surface area is 82.9 Å². The summed E-state index contributed by atoms with van der Waals surface area (Å²) in [5.74, 6) is -0.0665. The molecule has 5 nitrogen and oxygen atoms in total. The van der Waals surface area contributed by atoms with Gasteiger partial charge in [0, 0.05) is 11.4 Å². The second-order valence-electron chi connectivity index (χ2n) is 2.89. The highest BCUT2D eigenvalue weighted by Crippen LogP contribution is 2.37. The molecule has 0 spiro atoms. The summed E-state index contributed by atoms with van der Waals surface area (Å²) in [5, 5.41) is 0. The Morgan fingerprint density at radius 3 is 2.50 bits per heavy atom. The normalized spacial score (nSPS) is 12.7. The predicted octanol–water partition coefficient (Wildman–Crippen LogP) is 1.41. The largest absolute Gasteiger partial charge is 0.462 e. The van der Waals surface area contributed by atoms with Gasteiger partial charge >= 0.3 is 13.6 Å². The summed E-state index contributed by atoms with van der Waals surface area (Å²) in [6, 6.07) is 0. The van der Waals surface area contributed by atoms with E-state index in [0.717, 1.165) is 12.8 Å². The van der Waals surface area contributed by atoms with E-state index in [4.69, 9.17) is 14.5 Å². The molecule has 0 aromatic carbocycles. The van der Waals surface area contributed by atoms with Crippen LogP contribution in [0.5, 0.6) is 0 Å². The van der Waals surface area contributed by atoms with Crippen LogP contribution < -0.4 is 0 Å². The summed E-state index contributed by atoms with van der Waals surface area (Å²) >= 11 is 0. The standard InChI is InChI=1S/C8H15O5P/c1-3-4-5-13-8(9)7(2)6-14(10,11)12/h6H,3-5H2,1-2H3,(H2,10,11,12). The molecule has 0 rings (SSSR count). The third-order valence-electron chi connectivity index (χ3n) is 1.41. The van der Waals surface area contributed by atoms with Crippen LogP contribution in [0.25, 0.3) is 0 Å². The molecular formula is C8H15O5P. The van der Waals surface area contributed by atoms with E-state index >= 15 is 0 Å². The number of rotatable bonds is 5. The molecule has 0 amide bonds. The van der Waals surface area contributed by atoms with Crippen LogP contribution in [0.1, 0.15) is 26.7 Å². The summed E-state index contributed by atoms with van der Waals surface area (Å²) in [7, 11) is -4.28. The van der Waals surface area contributed by atoms with Crippen molar-refractivity contribution in [1.29, 1.82) is 0 Å². The molecule has 0 atom stereocenters. The first-order valence-corrected chi connectivity index (χ1v) is 5.97. The second-order valence-corrected chi connectivity index (χ2v) is 4.33. The Balaban J connectivity index is 4.13. The molecule has 6 heteroatoms. The van der Waals surface area contributed by atoms with Gasteiger partial charge in [0.05, 0.1) is 6.61 Å². The monoisotopic (exact) mass is 222 g/mol. The van der Waals surface area contributed by atoms with E-state index in [0.29, 0.717) is 5.82 Å². The van der Waals surface area contributed by atoms with E-state index in [1.807, 2.05) is 6.92 Å². The van der Waals surface area contributed by atoms with Gasteiger partial charge in [-0.2, -0.15) is 0 Å². The minimum atomic E-state index is -4.28. The molecule has 14 heavy (non-hydrogen) atoms. The van der Waals surface area contributed by atoms with Crippen LogP contribution in [0.3, 0.4) is 0 Å². The Bertz CT molecular complexity index is 265. The van der Waals surface area contributed by atoms with Crippen LogP contribution in [0.4, 0.5) is 0 Å². The second kappa shape index (κ2) is 5.96. The van der Waals surface area contributed by atoms with Gasteiger partial charge in [-0.05, 0) is 13.3 Å². The van der Waals surface area contributed by atoms with Gasteiger partial charge in [-0.15, -0.1) is 0 Å². The van der Waals surface area contributed by atoms with Crippen molar-refractivity contribution in [3.8, 4) is 0 Å². The van der Waals surface area contributed by atoms with Gasteiger partial charge in [0.2, 0.25) is 0 Å². The predicted molar refractivity (Wildman–Crippen MR) is 51.7 cm³/mol. The van der Waals surface area contributed by atoms with Crippen LogP contribution in [0, 0.1) is 0 Å². The summed E-state index contributed by atoms with van der Waals surface area (Å²) in [6.07, 6.45) is 1.64. The maximum atomic E-state index is 11.1. The van der Waals surface area contributed by atoms with Crippen LogP contribution >= 0.6 is 7.60 Å². The molecule has 2 N–H and O–H groups in total. The van der Waals surface area contributed by atoms with Crippen molar-refractivity contribution < 1.29 is 23.9 Å². The van der Waals surface area contributed by atoms with Crippen molar-refractivity contribution in [3.63, 3.8) is 0 Å². The summed E-state index contributed by atoms with van der Waals surface area (Å²) in [5.41, 5.74) is -0.0607. The number of carbonyl (C=O) groups is 1. The molecule has 0 heterocycles. The van der Waals surface area contributed by atoms with Crippen LogP contribution in [0.15, 0.2) is 11.4 Å². The Hall–Kier alpha value is -0.640. The zero-order valence-electron chi connectivity index (χ0n) is 8.27. The topological polar surface area (TPSA) is 83.8 Å². The van der Waals surface area contributed by atoms with Crippen LogP contribution in [-0.4, -0.2) is 22.4 Å². The van der Waals surface area contributed by atoms with Crippen molar-refractivity contribution in [3.05, 3.63) is 11.4 Å². The lowest BCUT2D eigenvalue weighted by atomic mass is 10.3. The van der Waals surface area contributed by atoms with Crippen molar-refractivity contribution in [1.82, 2.24) is 0 Å². The number of hydrogen-bond donors (Lipinski definition) is 2. The van der Waals surface area contributed by atoms with E-state index in [1.165, 1.54) is 6.92 Å². The third-order valence-corrected chi connectivity index (χ3v) is 2.14. The molecular weight excluding hydrogens is 207 g/mol. The number of ether oxygens (including phenoxy) is 1. The van der Waals surface area contributed by atoms with Gasteiger partial charge in [0.25, 0.3) is 0 Å². The SMILES string of the molecule is CCCCOC(=O)C(C)=CP(=O)(O)O. The van der Waals surface area contributed by atoms with Crippen molar-refractivity contribution in [2.75, 3.05) is 6.61 Å². The fraction of sp³-hybridized carbons (Fsp3) is 0.625. The lowest BCUT2D eigenvalue weighted by Gasteiger charge is -2.04. The average Bonchev–Trinajstić information content (AvgIpc) is 2.01. The number of hydrogen-bond acceptors (Lipinski definition) is 3. The van der Waals surface area contributed by atoms with E-state index in [1.54, 1.807) is 0 Å². The lowest BCUT2D eigenvalue weighted by molar-refractivity contribution is -0.139. The lowest BCUT2D eigenvalue weighted by Crippen LogP contribution is -2.06. The van der Waals surface area contributed by atoms with E-state index in [-0.39, 0.29) is 12.2 Å². The van der Waals surface area contributed by atoms with Crippen LogP contribution in [0.2, 0.25) is 0 Å². The van der Waals surface area contributed by atoms with Gasteiger partial charge in [0.1, 0.15) is 0 Å². The molecule has 0 fully saturated rings. The molecule has 0 saturated heterocycles. The number of carbonyl (C=O) groups excluding carboxylic acids is 1. The first kappa shape index (κ1) is 13.4. The Kier molecular flexibility index (Phi) is 5.69. The average molecular weight is 222 g/mol. The zero-order chi connectivity index (χ0) is 11.2. The van der Waals surface area contributed by atoms with Gasteiger partial charge in [-0.1, -0.05) is 13.3 Å². The molecule has 0 aromatic rings. The van der Waals surface area contributed by atoms with E-state index in [2.05, 4.69) is 0 Å². The van der Waals surface area contributed by atoms with Crippen molar-refractivity contribution in [2.24, 2.45) is 0 Å². The molecule has 0 aliphatic heterocycles. The summed E-state index contributed by atoms with van der Waals surface area (Å²) in [4.78, 5) is 28.1. The molecule has 0 aliphatic rings. The van der Waals surface area contributed by atoms with Gasteiger partial charge in [-0.25, -0.2) is 4.79 Å². The van der Waals surface area contributed by atoms with Crippen LogP contribution in [-0.2, 0) is 14.1 Å². The highest BCUT2D eigenvalue weighted by Gasteiger charge is 2.13. The number of esters is 1. The highest BCUT2D eigenvalue weighted by molar-refractivity contribution is 7.55. The first-order chi connectivity index (χ1) is 6.37. The first-order valence-electron chi connectivity index (χ1n) is 4.28. The quantitative estimate of drug-likeness (QED) is 0.318. The minimum Gasteiger partial charge on any atom is -0.462 e. The number of unbranched alkanes of at least 4 members (excludes halogenated alkanes) is 1. The van der Waals surface area contributed by atoms with Gasteiger partial charge in [-0.3, -0.25) is 4.57 Å². The van der Waals surface area contributed by atoms with E-state index in [9.17, 15) is 9.36 Å². The fourth-order valence-electron chi connectivity index (χ4n) is 0.728. The summed E-state index contributed by atoms with van der Waals surface area (Å²) < 4.78 is 15.2. The Morgan fingerprint density at radius 1 is 1.50 bits per heavy atom. The van der Waals surface area contributed by atoms with Gasteiger partial charge < -0.3 is 14.5 Å². The highest BCUT2D eigenvalue weighted by atomic mass is 31.2. The molecule has 0 bridgehead atoms. The minimum absolute atomic E-state index is 0.0607. The van der Waals surface area contributed by atoms with E-state index < -0.39 is 13.6 Å². The maximum absolute atomic E-state index is 11.1. The molecule has 0 saturated carbocycles. The molecule has 0 unspecified atom stereocenters. The fourth-order valence-corrected chi connectivity index (χ4v) is 1.34. The third kappa shape index (κ3) is 6.83. The molecule has 0 radical (unpaired) electrons. The molecule has 82 valence electrons. The maximum Gasteiger partial charge on any atom is 0.349 e. The van der Waals surface area contributed by atoms with Gasteiger partial charge in [0.15, 0.2) is 0 Å². The van der Waals surface area contributed by atoms with Crippen molar-refractivity contribution in [2.45, 2.75) is 26.7 Å². The molecule has 0 aliphatic carbocycles. The summed E-state index contributed by atoms with van der Waals surface area (Å²) in [6.45, 7) is 3.54. The zero-order valence-corrected chi connectivity index (χ0v) is 9.16.